The van der Waals surface area contributed by atoms with Gasteiger partial charge in [-0.3, -0.25) is 9.59 Å². The van der Waals surface area contributed by atoms with Crippen LogP contribution in [0.15, 0.2) is 18.2 Å². The van der Waals surface area contributed by atoms with E-state index in [-0.39, 0.29) is 12.4 Å². The molecule has 0 saturated heterocycles. The van der Waals surface area contributed by atoms with Gasteiger partial charge < -0.3 is 14.2 Å². The summed E-state index contributed by atoms with van der Waals surface area (Å²) >= 11 is 0. The van der Waals surface area contributed by atoms with Gasteiger partial charge in [0.2, 0.25) is 0 Å². The molecule has 0 aromatic heterocycles. The Morgan fingerprint density at radius 3 is 2.95 bits per heavy atom. The topological polar surface area (TPSA) is 61.8 Å². The molecular formula is C14H16O5. The fourth-order valence-corrected chi connectivity index (χ4v) is 2.03. The van der Waals surface area contributed by atoms with E-state index >= 15 is 0 Å². The summed E-state index contributed by atoms with van der Waals surface area (Å²) in [7, 11) is 1.54. The van der Waals surface area contributed by atoms with E-state index in [4.69, 9.17) is 14.2 Å². The molecule has 1 atom stereocenters. The molecule has 0 spiro atoms. The number of fused-ring (bicyclic) bond motifs is 1. The van der Waals surface area contributed by atoms with Gasteiger partial charge >= 0.3 is 5.97 Å². The Labute approximate surface area is 111 Å². The summed E-state index contributed by atoms with van der Waals surface area (Å²) in [5.74, 6) is -0.458. The molecule has 1 aromatic carbocycles. The minimum absolute atomic E-state index is 0.256. The van der Waals surface area contributed by atoms with Crippen LogP contribution in [-0.4, -0.2) is 32.1 Å². The number of hydrogen-bond donors (Lipinski definition) is 0. The van der Waals surface area contributed by atoms with Crippen LogP contribution in [0.25, 0.3) is 0 Å². The number of Topliss-reactive ketones (excluding diaryl/α,β-unsaturated/α-hetero) is 1. The zero-order valence-corrected chi connectivity index (χ0v) is 11.0. The van der Waals surface area contributed by atoms with Crippen molar-refractivity contribution in [3.8, 4) is 11.5 Å². The highest BCUT2D eigenvalue weighted by atomic mass is 16.5. The van der Waals surface area contributed by atoms with Crippen molar-refractivity contribution in [2.45, 2.75) is 13.3 Å². The zero-order chi connectivity index (χ0) is 13.8. The Balaban J connectivity index is 2.31. The van der Waals surface area contributed by atoms with Gasteiger partial charge in [-0.05, 0) is 19.1 Å². The van der Waals surface area contributed by atoms with Crippen molar-refractivity contribution in [1.29, 1.82) is 0 Å². The molecule has 1 aliphatic heterocycles. The first-order valence-electron chi connectivity index (χ1n) is 6.19. The first-order chi connectivity index (χ1) is 9.17. The molecule has 0 amide bonds. The maximum Gasteiger partial charge on any atom is 0.316 e. The molecular weight excluding hydrogens is 248 g/mol. The average molecular weight is 264 g/mol. The van der Waals surface area contributed by atoms with Crippen LogP contribution in [0, 0.1) is 5.92 Å². The first-order valence-corrected chi connectivity index (χ1v) is 6.19. The number of esters is 1. The monoisotopic (exact) mass is 264 g/mol. The standard InChI is InChI=1S/C14H16O5/c1-3-18-14(16)11-6-7-19-12-8-9(17-2)4-5-10(12)13(11)15/h4-5,8,11H,3,6-7H2,1-2H3. The predicted octanol–water partition coefficient (Wildman–Crippen LogP) is 1.84. The van der Waals surface area contributed by atoms with Gasteiger partial charge in [0.1, 0.15) is 17.4 Å². The molecule has 0 bridgehead atoms. The fourth-order valence-electron chi connectivity index (χ4n) is 2.03. The maximum absolute atomic E-state index is 12.3. The zero-order valence-electron chi connectivity index (χ0n) is 11.0. The molecule has 5 nitrogen and oxygen atoms in total. The molecule has 0 radical (unpaired) electrons. The number of methoxy groups -OCH3 is 1. The van der Waals surface area contributed by atoms with E-state index in [2.05, 4.69) is 0 Å². The van der Waals surface area contributed by atoms with Crippen molar-refractivity contribution in [2.75, 3.05) is 20.3 Å². The highest BCUT2D eigenvalue weighted by Gasteiger charge is 2.33. The molecule has 1 unspecified atom stereocenters. The minimum atomic E-state index is -0.783. The molecule has 19 heavy (non-hydrogen) atoms. The Kier molecular flexibility index (Phi) is 4.04. The first kappa shape index (κ1) is 13.4. The van der Waals surface area contributed by atoms with Crippen LogP contribution in [0.1, 0.15) is 23.7 Å². The normalized spacial score (nSPS) is 18.0. The Morgan fingerprint density at radius 2 is 2.26 bits per heavy atom. The summed E-state index contributed by atoms with van der Waals surface area (Å²) in [6.45, 7) is 2.28. The van der Waals surface area contributed by atoms with Gasteiger partial charge in [0.25, 0.3) is 0 Å². The second-order valence-electron chi connectivity index (χ2n) is 4.17. The number of rotatable bonds is 3. The minimum Gasteiger partial charge on any atom is -0.497 e. The highest BCUT2D eigenvalue weighted by molar-refractivity contribution is 6.10. The van der Waals surface area contributed by atoms with E-state index < -0.39 is 11.9 Å². The lowest BCUT2D eigenvalue weighted by Crippen LogP contribution is -2.26. The van der Waals surface area contributed by atoms with Crippen LogP contribution in [0.5, 0.6) is 11.5 Å². The van der Waals surface area contributed by atoms with Crippen LogP contribution in [0.2, 0.25) is 0 Å². The van der Waals surface area contributed by atoms with Gasteiger partial charge in [-0.25, -0.2) is 0 Å². The molecule has 1 aliphatic rings. The molecule has 0 fully saturated rings. The summed E-state index contributed by atoms with van der Waals surface area (Å²) in [5.41, 5.74) is 0.399. The summed E-state index contributed by atoms with van der Waals surface area (Å²) in [5, 5.41) is 0. The Morgan fingerprint density at radius 1 is 1.47 bits per heavy atom. The van der Waals surface area contributed by atoms with E-state index in [1.54, 1.807) is 32.2 Å². The molecule has 1 aromatic rings. The summed E-state index contributed by atoms with van der Waals surface area (Å²) in [4.78, 5) is 24.1. The number of ketones is 1. The molecule has 102 valence electrons. The SMILES string of the molecule is CCOC(=O)C1CCOc2cc(OC)ccc2C1=O. The van der Waals surface area contributed by atoms with Gasteiger partial charge in [-0.15, -0.1) is 0 Å². The molecule has 0 aliphatic carbocycles. The molecule has 5 heteroatoms. The summed E-state index contributed by atoms with van der Waals surface area (Å²) < 4.78 is 15.5. The largest absolute Gasteiger partial charge is 0.497 e. The smallest absolute Gasteiger partial charge is 0.316 e. The number of carbonyl (C=O) groups excluding carboxylic acids is 2. The quantitative estimate of drug-likeness (QED) is 0.615. The second kappa shape index (κ2) is 5.73. The van der Waals surface area contributed by atoms with Crippen LogP contribution >= 0.6 is 0 Å². The van der Waals surface area contributed by atoms with E-state index in [0.717, 1.165) is 0 Å². The summed E-state index contributed by atoms with van der Waals surface area (Å²) in [6.07, 6.45) is 0.328. The van der Waals surface area contributed by atoms with Crippen LogP contribution < -0.4 is 9.47 Å². The highest BCUT2D eigenvalue weighted by Crippen LogP contribution is 2.31. The lowest BCUT2D eigenvalue weighted by atomic mass is 9.95. The maximum atomic E-state index is 12.3. The number of hydrogen-bond acceptors (Lipinski definition) is 5. The molecule has 2 rings (SSSR count). The molecule has 0 saturated carbocycles. The molecule has 0 N–H and O–H groups in total. The number of ether oxygens (including phenoxy) is 3. The van der Waals surface area contributed by atoms with Gasteiger partial charge in [0.15, 0.2) is 5.78 Å². The fraction of sp³-hybridized carbons (Fsp3) is 0.429. The average Bonchev–Trinajstić information content (AvgIpc) is 2.58. The van der Waals surface area contributed by atoms with Gasteiger partial charge in [0.05, 0.1) is 25.9 Å². The predicted molar refractivity (Wildman–Crippen MR) is 67.6 cm³/mol. The van der Waals surface area contributed by atoms with E-state index in [0.29, 0.717) is 30.1 Å². The van der Waals surface area contributed by atoms with Gasteiger partial charge in [-0.1, -0.05) is 0 Å². The van der Waals surface area contributed by atoms with E-state index in [1.807, 2.05) is 0 Å². The van der Waals surface area contributed by atoms with Gasteiger partial charge in [0, 0.05) is 12.5 Å². The third kappa shape index (κ3) is 2.70. The van der Waals surface area contributed by atoms with Crippen molar-refractivity contribution >= 4 is 11.8 Å². The van der Waals surface area contributed by atoms with Crippen molar-refractivity contribution in [1.82, 2.24) is 0 Å². The van der Waals surface area contributed by atoms with Crippen LogP contribution in [-0.2, 0) is 9.53 Å². The van der Waals surface area contributed by atoms with Crippen molar-refractivity contribution in [3.05, 3.63) is 23.8 Å². The van der Waals surface area contributed by atoms with E-state index in [1.165, 1.54) is 0 Å². The Bertz CT molecular complexity index is 495. The number of benzene rings is 1. The summed E-state index contributed by atoms with van der Waals surface area (Å²) in [6, 6.07) is 4.95. The second-order valence-corrected chi connectivity index (χ2v) is 4.17. The third-order valence-corrected chi connectivity index (χ3v) is 3.01. The van der Waals surface area contributed by atoms with Gasteiger partial charge in [-0.2, -0.15) is 0 Å². The van der Waals surface area contributed by atoms with Crippen molar-refractivity contribution in [3.63, 3.8) is 0 Å². The number of carbonyl (C=O) groups is 2. The van der Waals surface area contributed by atoms with Crippen LogP contribution in [0.4, 0.5) is 0 Å². The molecule has 1 heterocycles. The van der Waals surface area contributed by atoms with Crippen molar-refractivity contribution in [2.24, 2.45) is 5.92 Å². The third-order valence-electron chi connectivity index (χ3n) is 3.01. The lowest BCUT2D eigenvalue weighted by Gasteiger charge is -2.11. The van der Waals surface area contributed by atoms with E-state index in [9.17, 15) is 9.59 Å². The lowest BCUT2D eigenvalue weighted by molar-refractivity contribution is -0.146. The van der Waals surface area contributed by atoms with Crippen LogP contribution in [0.3, 0.4) is 0 Å². The Hall–Kier alpha value is -2.04. The van der Waals surface area contributed by atoms with Crippen molar-refractivity contribution < 1.29 is 23.8 Å².